The second kappa shape index (κ2) is 4.77. The molecule has 1 aliphatic heterocycles. The van der Waals surface area contributed by atoms with E-state index < -0.39 is 5.97 Å². The molecule has 1 N–H and O–H groups in total. The molecule has 2 aromatic rings. The number of hydrogen-bond donors (Lipinski definition) is 1. The second-order valence-corrected chi connectivity index (χ2v) is 4.60. The van der Waals surface area contributed by atoms with E-state index in [4.69, 9.17) is 5.11 Å². The van der Waals surface area contributed by atoms with Crippen LogP contribution in [0.4, 0.5) is 5.69 Å². The first kappa shape index (κ1) is 12.3. The molecule has 1 aromatic carbocycles. The molecule has 20 heavy (non-hydrogen) atoms. The minimum Gasteiger partial charge on any atom is -0.478 e. The highest BCUT2D eigenvalue weighted by Gasteiger charge is 2.25. The van der Waals surface area contributed by atoms with Crippen LogP contribution in [0.5, 0.6) is 0 Å². The number of carbonyl (C=O) groups excluding carboxylic acids is 1. The van der Waals surface area contributed by atoms with E-state index in [-0.39, 0.29) is 11.5 Å². The number of amides is 1. The molecular weight excluding hydrogens is 256 g/mol. The molecule has 5 heteroatoms. The monoisotopic (exact) mass is 268 g/mol. The first-order chi connectivity index (χ1) is 9.66. The first-order valence-electron chi connectivity index (χ1n) is 6.25. The molecular formula is C15H12N2O3. The summed E-state index contributed by atoms with van der Waals surface area (Å²) in [5, 5.41) is 8.99. The highest BCUT2D eigenvalue weighted by Crippen LogP contribution is 2.24. The molecule has 5 nitrogen and oxygen atoms in total. The van der Waals surface area contributed by atoms with E-state index in [1.54, 1.807) is 11.0 Å². The van der Waals surface area contributed by atoms with E-state index in [1.807, 2.05) is 18.2 Å². The molecule has 0 unspecified atom stereocenters. The molecule has 1 aliphatic rings. The van der Waals surface area contributed by atoms with Gasteiger partial charge in [0.05, 0.1) is 17.4 Å². The van der Waals surface area contributed by atoms with Gasteiger partial charge in [-0.05, 0) is 24.1 Å². The Morgan fingerprint density at radius 3 is 2.85 bits per heavy atom. The van der Waals surface area contributed by atoms with Crippen molar-refractivity contribution in [3.8, 4) is 0 Å². The van der Waals surface area contributed by atoms with Gasteiger partial charge in [0.25, 0.3) is 5.91 Å². The van der Waals surface area contributed by atoms with Gasteiger partial charge in [0, 0.05) is 18.3 Å². The summed E-state index contributed by atoms with van der Waals surface area (Å²) < 4.78 is 0. The Morgan fingerprint density at radius 1 is 1.25 bits per heavy atom. The molecule has 0 radical (unpaired) electrons. The average Bonchev–Trinajstić information content (AvgIpc) is 2.48. The molecule has 100 valence electrons. The van der Waals surface area contributed by atoms with Crippen LogP contribution < -0.4 is 4.90 Å². The van der Waals surface area contributed by atoms with E-state index in [2.05, 4.69) is 4.98 Å². The summed E-state index contributed by atoms with van der Waals surface area (Å²) in [7, 11) is 0. The fourth-order valence-corrected chi connectivity index (χ4v) is 2.36. The van der Waals surface area contributed by atoms with Crippen LogP contribution in [0, 0.1) is 0 Å². The van der Waals surface area contributed by atoms with Gasteiger partial charge in [-0.1, -0.05) is 18.2 Å². The lowest BCUT2D eigenvalue weighted by Gasteiger charge is -2.28. The van der Waals surface area contributed by atoms with Crippen LogP contribution in [0.25, 0.3) is 0 Å². The molecule has 0 bridgehead atoms. The van der Waals surface area contributed by atoms with Crippen molar-refractivity contribution < 1.29 is 14.7 Å². The lowest BCUT2D eigenvalue weighted by molar-refractivity contribution is 0.0696. The van der Waals surface area contributed by atoms with Crippen molar-refractivity contribution >= 4 is 17.6 Å². The Bertz CT molecular complexity index is 697. The first-order valence-corrected chi connectivity index (χ1v) is 6.25. The van der Waals surface area contributed by atoms with Crippen LogP contribution in [0.2, 0.25) is 0 Å². The van der Waals surface area contributed by atoms with Crippen molar-refractivity contribution in [2.45, 2.75) is 6.42 Å². The Morgan fingerprint density at radius 2 is 2.05 bits per heavy atom. The molecule has 1 amide bonds. The number of carboxylic acid groups (broad SMARTS) is 1. The zero-order valence-corrected chi connectivity index (χ0v) is 10.6. The lowest BCUT2D eigenvalue weighted by atomic mass is 9.99. The Labute approximate surface area is 115 Å². The summed E-state index contributed by atoms with van der Waals surface area (Å²) in [6, 6.07) is 8.94. The Kier molecular flexibility index (Phi) is 2.95. The molecule has 3 rings (SSSR count). The maximum atomic E-state index is 12.4. The molecule has 0 atom stereocenters. The van der Waals surface area contributed by atoms with Crippen molar-refractivity contribution in [1.82, 2.24) is 4.98 Å². The van der Waals surface area contributed by atoms with Gasteiger partial charge in [-0.2, -0.15) is 0 Å². The van der Waals surface area contributed by atoms with Crippen molar-refractivity contribution in [2.24, 2.45) is 0 Å². The zero-order chi connectivity index (χ0) is 14.1. The number of pyridine rings is 1. The third-order valence-electron chi connectivity index (χ3n) is 3.38. The van der Waals surface area contributed by atoms with Crippen molar-refractivity contribution in [1.29, 1.82) is 0 Å². The van der Waals surface area contributed by atoms with Crippen LogP contribution in [-0.2, 0) is 6.42 Å². The van der Waals surface area contributed by atoms with Crippen molar-refractivity contribution in [2.75, 3.05) is 11.4 Å². The van der Waals surface area contributed by atoms with Crippen LogP contribution >= 0.6 is 0 Å². The summed E-state index contributed by atoms with van der Waals surface area (Å²) in [4.78, 5) is 28.9. The van der Waals surface area contributed by atoms with E-state index >= 15 is 0 Å². The minimum absolute atomic E-state index is 0.0779. The van der Waals surface area contributed by atoms with Crippen LogP contribution in [0.3, 0.4) is 0 Å². The number of benzene rings is 1. The van der Waals surface area contributed by atoms with Crippen LogP contribution in [0.1, 0.15) is 26.3 Å². The van der Waals surface area contributed by atoms with Gasteiger partial charge in [-0.25, -0.2) is 4.79 Å². The van der Waals surface area contributed by atoms with E-state index in [9.17, 15) is 9.59 Å². The summed E-state index contributed by atoms with van der Waals surface area (Å²) >= 11 is 0. The number of hydrogen-bond acceptors (Lipinski definition) is 3. The number of fused-ring (bicyclic) bond motifs is 1. The molecule has 0 aliphatic carbocycles. The van der Waals surface area contributed by atoms with E-state index in [0.717, 1.165) is 12.0 Å². The topological polar surface area (TPSA) is 70.5 Å². The molecule has 1 aromatic heterocycles. The number of anilines is 1. The molecule has 2 heterocycles. The van der Waals surface area contributed by atoms with Gasteiger partial charge in [0.2, 0.25) is 0 Å². The number of carbonyl (C=O) groups is 2. The normalized spacial score (nSPS) is 14.0. The summed E-state index contributed by atoms with van der Waals surface area (Å²) in [5.41, 5.74) is 2.29. The SMILES string of the molecule is O=C(O)c1cncc(N2CCc3ccccc3C2=O)c1. The highest BCUT2D eigenvalue weighted by atomic mass is 16.4. The number of carboxylic acids is 1. The van der Waals surface area contributed by atoms with Crippen LogP contribution in [-0.4, -0.2) is 28.5 Å². The van der Waals surface area contributed by atoms with Gasteiger partial charge < -0.3 is 10.0 Å². The van der Waals surface area contributed by atoms with E-state index in [0.29, 0.717) is 17.8 Å². The second-order valence-electron chi connectivity index (χ2n) is 4.60. The van der Waals surface area contributed by atoms with Crippen LogP contribution in [0.15, 0.2) is 42.7 Å². The third kappa shape index (κ3) is 2.03. The number of rotatable bonds is 2. The quantitative estimate of drug-likeness (QED) is 0.904. The fourth-order valence-electron chi connectivity index (χ4n) is 2.36. The zero-order valence-electron chi connectivity index (χ0n) is 10.6. The average molecular weight is 268 g/mol. The minimum atomic E-state index is -1.05. The van der Waals surface area contributed by atoms with Gasteiger partial charge in [-0.15, -0.1) is 0 Å². The predicted octanol–water partition coefficient (Wildman–Crippen LogP) is 1.98. The van der Waals surface area contributed by atoms with Gasteiger partial charge >= 0.3 is 5.97 Å². The molecule has 0 saturated heterocycles. The molecule has 0 fully saturated rings. The van der Waals surface area contributed by atoms with Gasteiger partial charge in [-0.3, -0.25) is 9.78 Å². The fraction of sp³-hybridized carbons (Fsp3) is 0.133. The standard InChI is InChI=1S/C15H12N2O3/c18-14-13-4-2-1-3-10(13)5-6-17(14)12-7-11(15(19)20)8-16-9-12/h1-4,7-9H,5-6H2,(H,19,20). The maximum absolute atomic E-state index is 12.4. The van der Waals surface area contributed by atoms with E-state index in [1.165, 1.54) is 18.5 Å². The van der Waals surface area contributed by atoms with Crippen molar-refractivity contribution in [3.05, 3.63) is 59.4 Å². The van der Waals surface area contributed by atoms with Gasteiger partial charge in [0.15, 0.2) is 0 Å². The summed E-state index contributed by atoms with van der Waals surface area (Å²) in [6.45, 7) is 0.528. The third-order valence-corrected chi connectivity index (χ3v) is 3.38. The number of aromatic carboxylic acids is 1. The van der Waals surface area contributed by atoms with Gasteiger partial charge in [0.1, 0.15) is 0 Å². The number of nitrogens with zero attached hydrogens (tertiary/aromatic N) is 2. The summed E-state index contributed by atoms with van der Waals surface area (Å²) in [5.74, 6) is -1.17. The molecule has 0 spiro atoms. The Hall–Kier alpha value is -2.69. The lowest BCUT2D eigenvalue weighted by Crippen LogP contribution is -2.37. The largest absolute Gasteiger partial charge is 0.478 e. The molecule has 0 saturated carbocycles. The number of aromatic nitrogens is 1. The summed E-state index contributed by atoms with van der Waals surface area (Å²) in [6.07, 6.45) is 3.53. The van der Waals surface area contributed by atoms with Crippen molar-refractivity contribution in [3.63, 3.8) is 0 Å². The Balaban J connectivity index is 1.99. The highest BCUT2D eigenvalue weighted by molar-refractivity contribution is 6.08. The predicted molar refractivity (Wildman–Crippen MR) is 73.0 cm³/mol. The maximum Gasteiger partial charge on any atom is 0.337 e. The smallest absolute Gasteiger partial charge is 0.337 e.